The molecule has 1 amide bonds. The van der Waals surface area contributed by atoms with Crippen LogP contribution in [0, 0.1) is 17.7 Å². The minimum atomic E-state index is -0.534. The quantitative estimate of drug-likeness (QED) is 0.704. The van der Waals surface area contributed by atoms with E-state index in [1.54, 1.807) is 30.6 Å². The summed E-state index contributed by atoms with van der Waals surface area (Å²) in [5.41, 5.74) is 3.57. The molecule has 3 aromatic rings. The molecule has 0 fully saturated rings. The maximum atomic E-state index is 14.4. The number of nitrogens with zero attached hydrogens (tertiary/aromatic N) is 1. The Morgan fingerprint density at radius 3 is 3.08 bits per heavy atom. The van der Waals surface area contributed by atoms with Gasteiger partial charge in [0.05, 0.1) is 22.1 Å². The van der Waals surface area contributed by atoms with Gasteiger partial charge in [0.2, 0.25) is 5.91 Å². The first kappa shape index (κ1) is 16.9. The van der Waals surface area contributed by atoms with Crippen molar-refractivity contribution in [1.82, 2.24) is 4.98 Å². The first-order valence-corrected chi connectivity index (χ1v) is 8.48. The van der Waals surface area contributed by atoms with Crippen LogP contribution in [0.4, 0.5) is 10.1 Å². The molecule has 1 N–H and O–H groups in total. The largest absolute Gasteiger partial charge is 0.478 e. The molecule has 0 aliphatic heterocycles. The standard InChI is InChI=1S/C19H15FN2O2S/c1-2-3-9-24-16-6-4-5-13(19(16)20)10-18(23)22-14-7-8-15-17(11-14)25-12-21-15/h4-8,11-12H,9-10H2,1H3,(H,22,23). The average Bonchev–Trinajstić information content (AvgIpc) is 3.06. The number of ether oxygens (including phenoxy) is 1. The van der Waals surface area contributed by atoms with Gasteiger partial charge in [-0.2, -0.15) is 0 Å². The molecule has 0 radical (unpaired) electrons. The van der Waals surface area contributed by atoms with E-state index in [0.29, 0.717) is 5.69 Å². The van der Waals surface area contributed by atoms with Gasteiger partial charge in [-0.05, 0) is 31.2 Å². The molecular weight excluding hydrogens is 339 g/mol. The second-order valence-corrected chi connectivity index (χ2v) is 6.09. The molecule has 25 heavy (non-hydrogen) atoms. The summed E-state index contributed by atoms with van der Waals surface area (Å²) in [6, 6.07) is 10.2. The zero-order valence-corrected chi connectivity index (χ0v) is 14.3. The van der Waals surface area contributed by atoms with E-state index in [-0.39, 0.29) is 30.2 Å². The Morgan fingerprint density at radius 1 is 1.36 bits per heavy atom. The van der Waals surface area contributed by atoms with Crippen molar-refractivity contribution in [2.75, 3.05) is 11.9 Å². The van der Waals surface area contributed by atoms with Crippen molar-refractivity contribution >= 4 is 33.1 Å². The Hall–Kier alpha value is -2.91. The number of halogens is 1. The number of nitrogens with one attached hydrogen (secondary N) is 1. The lowest BCUT2D eigenvalue weighted by Gasteiger charge is -2.09. The second-order valence-electron chi connectivity index (χ2n) is 5.20. The third-order valence-electron chi connectivity index (χ3n) is 3.49. The van der Waals surface area contributed by atoms with E-state index in [9.17, 15) is 9.18 Å². The number of aromatic nitrogens is 1. The molecule has 6 heteroatoms. The highest BCUT2D eigenvalue weighted by molar-refractivity contribution is 7.16. The van der Waals surface area contributed by atoms with E-state index in [1.807, 2.05) is 12.1 Å². The number of hydrogen-bond donors (Lipinski definition) is 1. The minimum Gasteiger partial charge on any atom is -0.478 e. The summed E-state index contributed by atoms with van der Waals surface area (Å²) in [4.78, 5) is 16.4. The van der Waals surface area contributed by atoms with E-state index < -0.39 is 5.82 Å². The molecule has 0 bridgehead atoms. The maximum Gasteiger partial charge on any atom is 0.228 e. The van der Waals surface area contributed by atoms with Crippen LogP contribution in [0.25, 0.3) is 10.2 Å². The van der Waals surface area contributed by atoms with E-state index in [2.05, 4.69) is 22.1 Å². The van der Waals surface area contributed by atoms with E-state index in [4.69, 9.17) is 4.74 Å². The van der Waals surface area contributed by atoms with Crippen LogP contribution in [0.2, 0.25) is 0 Å². The summed E-state index contributed by atoms with van der Waals surface area (Å²) < 4.78 is 20.7. The molecule has 0 atom stereocenters. The molecule has 0 saturated heterocycles. The Bertz CT molecular complexity index is 972. The maximum absolute atomic E-state index is 14.4. The molecule has 0 unspecified atom stereocenters. The van der Waals surface area contributed by atoms with Crippen LogP contribution in [-0.4, -0.2) is 17.5 Å². The molecule has 0 saturated carbocycles. The second kappa shape index (κ2) is 7.77. The first-order chi connectivity index (χ1) is 12.2. The fraction of sp³-hybridized carbons (Fsp3) is 0.158. The van der Waals surface area contributed by atoms with E-state index in [1.165, 1.54) is 17.4 Å². The summed E-state index contributed by atoms with van der Waals surface area (Å²) in [5.74, 6) is 4.65. The highest BCUT2D eigenvalue weighted by Gasteiger charge is 2.13. The summed E-state index contributed by atoms with van der Waals surface area (Å²) in [5, 5.41) is 2.78. The lowest BCUT2D eigenvalue weighted by Crippen LogP contribution is -2.15. The van der Waals surface area contributed by atoms with Crippen LogP contribution in [0.1, 0.15) is 12.5 Å². The number of carbonyl (C=O) groups is 1. The van der Waals surface area contributed by atoms with Crippen molar-refractivity contribution in [3.63, 3.8) is 0 Å². The SMILES string of the molecule is CC#CCOc1cccc(CC(=O)Nc2ccc3ncsc3c2)c1F. The summed E-state index contributed by atoms with van der Waals surface area (Å²) in [6.45, 7) is 1.79. The predicted molar refractivity (Wildman–Crippen MR) is 97.3 cm³/mol. The number of rotatable bonds is 5. The lowest BCUT2D eigenvalue weighted by atomic mass is 10.1. The summed E-state index contributed by atoms with van der Waals surface area (Å²) in [7, 11) is 0. The highest BCUT2D eigenvalue weighted by Crippen LogP contribution is 2.23. The molecular formula is C19H15FN2O2S. The lowest BCUT2D eigenvalue weighted by molar-refractivity contribution is -0.115. The van der Waals surface area contributed by atoms with Gasteiger partial charge in [0.1, 0.15) is 6.61 Å². The average molecular weight is 354 g/mol. The Labute approximate surface area is 148 Å². The van der Waals surface area contributed by atoms with Gasteiger partial charge in [-0.1, -0.05) is 18.1 Å². The fourth-order valence-corrected chi connectivity index (χ4v) is 3.02. The van der Waals surface area contributed by atoms with E-state index in [0.717, 1.165) is 10.2 Å². The van der Waals surface area contributed by atoms with E-state index >= 15 is 0 Å². The molecule has 126 valence electrons. The summed E-state index contributed by atoms with van der Waals surface area (Å²) in [6.07, 6.45) is -0.0801. The third kappa shape index (κ3) is 4.14. The molecule has 0 aliphatic carbocycles. The molecule has 1 aromatic heterocycles. The topological polar surface area (TPSA) is 51.2 Å². The molecule has 0 aliphatic rings. The van der Waals surface area contributed by atoms with Crippen LogP contribution in [-0.2, 0) is 11.2 Å². The van der Waals surface area contributed by atoms with Crippen LogP contribution < -0.4 is 10.1 Å². The smallest absolute Gasteiger partial charge is 0.228 e. The molecule has 2 aromatic carbocycles. The van der Waals surface area contributed by atoms with Crippen LogP contribution in [0.15, 0.2) is 41.9 Å². The van der Waals surface area contributed by atoms with Crippen molar-refractivity contribution < 1.29 is 13.9 Å². The van der Waals surface area contributed by atoms with Gasteiger partial charge < -0.3 is 10.1 Å². The van der Waals surface area contributed by atoms with Gasteiger partial charge in [-0.3, -0.25) is 4.79 Å². The highest BCUT2D eigenvalue weighted by atomic mass is 32.1. The van der Waals surface area contributed by atoms with Crippen molar-refractivity contribution in [1.29, 1.82) is 0 Å². The fourth-order valence-electron chi connectivity index (χ4n) is 2.30. The Morgan fingerprint density at radius 2 is 2.24 bits per heavy atom. The molecule has 0 spiro atoms. The zero-order valence-electron chi connectivity index (χ0n) is 13.5. The first-order valence-electron chi connectivity index (χ1n) is 7.60. The van der Waals surface area contributed by atoms with Crippen LogP contribution in [0.3, 0.4) is 0 Å². The van der Waals surface area contributed by atoms with Gasteiger partial charge in [0.25, 0.3) is 0 Å². The van der Waals surface area contributed by atoms with Crippen molar-refractivity contribution in [2.24, 2.45) is 0 Å². The van der Waals surface area contributed by atoms with Gasteiger partial charge in [0.15, 0.2) is 11.6 Å². The molecule has 4 nitrogen and oxygen atoms in total. The third-order valence-corrected chi connectivity index (χ3v) is 4.28. The van der Waals surface area contributed by atoms with Gasteiger partial charge >= 0.3 is 0 Å². The van der Waals surface area contributed by atoms with Crippen molar-refractivity contribution in [2.45, 2.75) is 13.3 Å². The number of hydrogen-bond acceptors (Lipinski definition) is 4. The van der Waals surface area contributed by atoms with Crippen LogP contribution in [0.5, 0.6) is 5.75 Å². The zero-order chi connectivity index (χ0) is 17.6. The Balaban J connectivity index is 1.69. The number of fused-ring (bicyclic) bond motifs is 1. The van der Waals surface area contributed by atoms with Crippen molar-refractivity contribution in [3.05, 3.63) is 53.3 Å². The van der Waals surface area contributed by atoms with Gasteiger partial charge in [0, 0.05) is 11.3 Å². The molecule has 3 rings (SSSR count). The van der Waals surface area contributed by atoms with Gasteiger partial charge in [-0.25, -0.2) is 9.37 Å². The van der Waals surface area contributed by atoms with Crippen LogP contribution >= 0.6 is 11.3 Å². The number of thiazole rings is 1. The minimum absolute atomic E-state index is 0.0801. The normalized spacial score (nSPS) is 10.2. The number of anilines is 1. The predicted octanol–water partition coefficient (Wildman–Crippen LogP) is 4.02. The number of amides is 1. The molecule has 1 heterocycles. The van der Waals surface area contributed by atoms with Gasteiger partial charge in [-0.15, -0.1) is 17.3 Å². The summed E-state index contributed by atoms with van der Waals surface area (Å²) >= 11 is 1.50. The number of benzene rings is 2. The monoisotopic (exact) mass is 354 g/mol. The Kier molecular flexibility index (Phi) is 5.26. The number of carbonyl (C=O) groups excluding carboxylic acids is 1. The van der Waals surface area contributed by atoms with Crippen molar-refractivity contribution in [3.8, 4) is 17.6 Å².